The van der Waals surface area contributed by atoms with Gasteiger partial charge in [-0.05, 0) is 20.8 Å². The Kier molecular flexibility index (Phi) is 4.38. The van der Waals surface area contributed by atoms with E-state index >= 15 is 0 Å². The van der Waals surface area contributed by atoms with Gasteiger partial charge in [0.05, 0.1) is 0 Å². The van der Waals surface area contributed by atoms with E-state index in [4.69, 9.17) is 0 Å². The lowest BCUT2D eigenvalue weighted by molar-refractivity contribution is -0.123. The van der Waals surface area contributed by atoms with Gasteiger partial charge in [-0.15, -0.1) is 6.58 Å². The second-order valence-corrected chi connectivity index (χ2v) is 3.80. The van der Waals surface area contributed by atoms with E-state index in [1.54, 1.807) is 6.08 Å². The molecule has 0 aliphatic carbocycles. The largest absolute Gasteiger partial charge is 0.351 e. The number of hydrogen-bond donors (Lipinski definition) is 1. The van der Waals surface area contributed by atoms with Crippen molar-refractivity contribution in [1.29, 1.82) is 0 Å². The van der Waals surface area contributed by atoms with Gasteiger partial charge in [0.1, 0.15) is 5.78 Å². The number of nitrogens with one attached hydrogen (secondary N) is 1. The maximum absolute atomic E-state index is 11.1. The Labute approximate surface area is 79.2 Å². The zero-order valence-electron chi connectivity index (χ0n) is 8.52. The zero-order chi connectivity index (χ0) is 10.5. The van der Waals surface area contributed by atoms with Crippen molar-refractivity contribution in [2.75, 3.05) is 0 Å². The molecule has 3 heteroatoms. The fourth-order valence-corrected chi connectivity index (χ4v) is 1.23. The van der Waals surface area contributed by atoms with Gasteiger partial charge >= 0.3 is 0 Å². The van der Waals surface area contributed by atoms with Crippen LogP contribution < -0.4 is 5.32 Å². The maximum Gasteiger partial charge on any atom is 0.224 e. The van der Waals surface area contributed by atoms with Crippen LogP contribution in [0, 0.1) is 0 Å². The predicted octanol–water partition coefficient (Wildman–Crippen LogP) is 1.44. The summed E-state index contributed by atoms with van der Waals surface area (Å²) in [5, 5.41) is 2.76. The first-order valence-electron chi connectivity index (χ1n) is 4.29. The van der Waals surface area contributed by atoms with Gasteiger partial charge in [-0.1, -0.05) is 6.08 Å². The summed E-state index contributed by atoms with van der Waals surface area (Å²) in [4.78, 5) is 22.0. The molecule has 0 saturated heterocycles. The molecule has 0 fully saturated rings. The highest BCUT2D eigenvalue weighted by atomic mass is 16.2. The second-order valence-electron chi connectivity index (χ2n) is 3.80. The second kappa shape index (κ2) is 4.80. The molecule has 0 spiro atoms. The molecular weight excluding hydrogens is 166 g/mol. The van der Waals surface area contributed by atoms with Gasteiger partial charge in [-0.3, -0.25) is 9.59 Å². The third-order valence-electron chi connectivity index (χ3n) is 1.50. The van der Waals surface area contributed by atoms with E-state index in [-0.39, 0.29) is 11.7 Å². The standard InChI is InChI=1S/C10H17NO2/c1-5-6-9(13)11-10(3,4)7-8(2)12/h5H,1,6-7H2,2-4H3,(H,11,13). The molecule has 0 bridgehead atoms. The highest BCUT2D eigenvalue weighted by Gasteiger charge is 2.21. The minimum Gasteiger partial charge on any atom is -0.351 e. The summed E-state index contributed by atoms with van der Waals surface area (Å²) in [6, 6.07) is 0. The van der Waals surface area contributed by atoms with Crippen LogP contribution in [0.15, 0.2) is 12.7 Å². The zero-order valence-corrected chi connectivity index (χ0v) is 8.52. The lowest BCUT2D eigenvalue weighted by atomic mass is 9.98. The highest BCUT2D eigenvalue weighted by molar-refractivity contribution is 5.81. The Morgan fingerprint density at radius 3 is 2.38 bits per heavy atom. The highest BCUT2D eigenvalue weighted by Crippen LogP contribution is 2.08. The summed E-state index contributed by atoms with van der Waals surface area (Å²) in [7, 11) is 0. The summed E-state index contributed by atoms with van der Waals surface area (Å²) in [6.07, 6.45) is 2.19. The normalized spacial score (nSPS) is 10.7. The summed E-state index contributed by atoms with van der Waals surface area (Å²) >= 11 is 0. The summed E-state index contributed by atoms with van der Waals surface area (Å²) in [6.45, 7) is 8.64. The van der Waals surface area contributed by atoms with Crippen LogP contribution in [0.1, 0.15) is 33.6 Å². The molecule has 0 unspecified atom stereocenters. The molecule has 1 N–H and O–H groups in total. The Balaban J connectivity index is 4.07. The molecule has 3 nitrogen and oxygen atoms in total. The lowest BCUT2D eigenvalue weighted by Crippen LogP contribution is -2.44. The van der Waals surface area contributed by atoms with Crippen molar-refractivity contribution in [3.8, 4) is 0 Å². The molecule has 0 heterocycles. The molecule has 0 aromatic carbocycles. The third kappa shape index (κ3) is 6.08. The number of hydrogen-bond acceptors (Lipinski definition) is 2. The number of carbonyl (C=O) groups excluding carboxylic acids is 2. The molecule has 1 amide bonds. The minimum absolute atomic E-state index is 0.0731. The Hall–Kier alpha value is -1.12. The van der Waals surface area contributed by atoms with Crippen LogP contribution in [0.3, 0.4) is 0 Å². The molecule has 0 aliphatic rings. The van der Waals surface area contributed by atoms with E-state index < -0.39 is 5.54 Å². The molecule has 0 rings (SSSR count). The van der Waals surface area contributed by atoms with Crippen molar-refractivity contribution < 1.29 is 9.59 Å². The number of amides is 1. The van der Waals surface area contributed by atoms with E-state index in [1.807, 2.05) is 13.8 Å². The Morgan fingerprint density at radius 1 is 1.46 bits per heavy atom. The molecule has 0 saturated carbocycles. The van der Waals surface area contributed by atoms with Crippen molar-refractivity contribution in [3.63, 3.8) is 0 Å². The van der Waals surface area contributed by atoms with E-state index in [2.05, 4.69) is 11.9 Å². The van der Waals surface area contributed by atoms with E-state index in [0.717, 1.165) is 0 Å². The number of ketones is 1. The fraction of sp³-hybridized carbons (Fsp3) is 0.600. The quantitative estimate of drug-likeness (QED) is 0.655. The average molecular weight is 183 g/mol. The van der Waals surface area contributed by atoms with E-state index in [9.17, 15) is 9.59 Å². The molecular formula is C10H17NO2. The van der Waals surface area contributed by atoms with Crippen molar-refractivity contribution in [1.82, 2.24) is 5.32 Å². The van der Waals surface area contributed by atoms with Crippen LogP contribution >= 0.6 is 0 Å². The molecule has 0 radical (unpaired) electrons. The van der Waals surface area contributed by atoms with Crippen LogP contribution in [0.2, 0.25) is 0 Å². The molecule has 74 valence electrons. The third-order valence-corrected chi connectivity index (χ3v) is 1.50. The fourth-order valence-electron chi connectivity index (χ4n) is 1.23. The number of Topliss-reactive ketones (excluding diaryl/α,β-unsaturated/α-hetero) is 1. The summed E-state index contributed by atoms with van der Waals surface area (Å²) < 4.78 is 0. The maximum atomic E-state index is 11.1. The molecule has 0 aliphatic heterocycles. The SMILES string of the molecule is C=CCC(=O)NC(C)(C)CC(C)=O. The van der Waals surface area contributed by atoms with Gasteiger partial charge in [0.15, 0.2) is 0 Å². The predicted molar refractivity (Wildman–Crippen MR) is 52.3 cm³/mol. The minimum atomic E-state index is -0.452. The van der Waals surface area contributed by atoms with Crippen LogP contribution in [-0.4, -0.2) is 17.2 Å². The number of carbonyl (C=O) groups is 2. The smallest absolute Gasteiger partial charge is 0.224 e. The van der Waals surface area contributed by atoms with Crippen LogP contribution in [0.5, 0.6) is 0 Å². The molecule has 13 heavy (non-hydrogen) atoms. The van der Waals surface area contributed by atoms with Gasteiger partial charge in [-0.25, -0.2) is 0 Å². The first-order valence-corrected chi connectivity index (χ1v) is 4.29. The Bertz CT molecular complexity index is 219. The first-order chi connectivity index (χ1) is 5.87. The van der Waals surface area contributed by atoms with Crippen molar-refractivity contribution >= 4 is 11.7 Å². The van der Waals surface area contributed by atoms with Crippen LogP contribution in [0.25, 0.3) is 0 Å². The van der Waals surface area contributed by atoms with Gasteiger partial charge < -0.3 is 5.32 Å². The van der Waals surface area contributed by atoms with Crippen molar-refractivity contribution in [2.24, 2.45) is 0 Å². The van der Waals surface area contributed by atoms with E-state index in [1.165, 1.54) is 6.92 Å². The summed E-state index contributed by atoms with van der Waals surface area (Å²) in [5.41, 5.74) is -0.452. The average Bonchev–Trinajstić information content (AvgIpc) is 1.81. The Morgan fingerprint density at radius 2 is 2.00 bits per heavy atom. The monoisotopic (exact) mass is 183 g/mol. The van der Waals surface area contributed by atoms with Crippen LogP contribution in [0.4, 0.5) is 0 Å². The van der Waals surface area contributed by atoms with E-state index in [0.29, 0.717) is 12.8 Å². The molecule has 0 atom stereocenters. The first kappa shape index (κ1) is 11.9. The molecule has 0 aromatic rings. The van der Waals surface area contributed by atoms with Gasteiger partial charge in [0.25, 0.3) is 0 Å². The van der Waals surface area contributed by atoms with Crippen molar-refractivity contribution in [2.45, 2.75) is 39.2 Å². The van der Waals surface area contributed by atoms with Gasteiger partial charge in [0, 0.05) is 18.4 Å². The lowest BCUT2D eigenvalue weighted by Gasteiger charge is -2.24. The summed E-state index contributed by atoms with van der Waals surface area (Å²) in [5.74, 6) is -0.0230. The van der Waals surface area contributed by atoms with Gasteiger partial charge in [-0.2, -0.15) is 0 Å². The van der Waals surface area contributed by atoms with Crippen LogP contribution in [-0.2, 0) is 9.59 Å². The topological polar surface area (TPSA) is 46.2 Å². The number of rotatable bonds is 5. The molecule has 0 aromatic heterocycles. The van der Waals surface area contributed by atoms with Crippen molar-refractivity contribution in [3.05, 3.63) is 12.7 Å². The van der Waals surface area contributed by atoms with Gasteiger partial charge in [0.2, 0.25) is 5.91 Å².